The number of hydrogen-bond acceptors (Lipinski definition) is 3. The summed E-state index contributed by atoms with van der Waals surface area (Å²) in [7, 11) is 1.88. The lowest BCUT2D eigenvalue weighted by atomic mass is 9.97. The summed E-state index contributed by atoms with van der Waals surface area (Å²) in [4.78, 5) is 2.71. The van der Waals surface area contributed by atoms with Gasteiger partial charge in [0.25, 0.3) is 0 Å². The fourth-order valence-electron chi connectivity index (χ4n) is 2.52. The molecule has 1 N–H and O–H groups in total. The summed E-state index contributed by atoms with van der Waals surface area (Å²) >= 11 is 0. The van der Waals surface area contributed by atoms with Crippen molar-refractivity contribution < 1.29 is 0 Å². The molecule has 0 radical (unpaired) electrons. The predicted molar refractivity (Wildman–Crippen MR) is 74.2 cm³/mol. The lowest BCUT2D eigenvalue weighted by Gasteiger charge is -2.24. The predicted octanol–water partition coefficient (Wildman–Crippen LogP) is 2.53. The summed E-state index contributed by atoms with van der Waals surface area (Å²) in [6, 6.07) is 3.27. The van der Waals surface area contributed by atoms with Gasteiger partial charge in [0.1, 0.15) is 5.54 Å². The van der Waals surface area contributed by atoms with Crippen LogP contribution in [0.4, 0.5) is 0 Å². The molecule has 0 bridgehead atoms. The van der Waals surface area contributed by atoms with E-state index in [2.05, 4.69) is 16.3 Å². The standard InChI is InChI=1S/C15H27N3/c1-15(12-16,17-2)9-3-4-10-18(14-7-8-14)11-13-5-6-13/h13-14,17H,3-11H2,1-2H3. The van der Waals surface area contributed by atoms with Crippen LogP contribution in [-0.2, 0) is 0 Å². The Morgan fingerprint density at radius 1 is 1.28 bits per heavy atom. The second kappa shape index (κ2) is 6.04. The summed E-state index contributed by atoms with van der Waals surface area (Å²) in [5.41, 5.74) is -0.332. The molecule has 0 aromatic heterocycles. The maximum atomic E-state index is 9.10. The number of hydrogen-bond donors (Lipinski definition) is 1. The van der Waals surface area contributed by atoms with Gasteiger partial charge in [-0.3, -0.25) is 0 Å². The maximum Gasteiger partial charge on any atom is 0.103 e. The van der Waals surface area contributed by atoms with E-state index in [-0.39, 0.29) is 5.54 Å². The zero-order valence-electron chi connectivity index (χ0n) is 11.9. The highest BCUT2D eigenvalue weighted by atomic mass is 15.2. The van der Waals surface area contributed by atoms with Crippen LogP contribution in [0.1, 0.15) is 51.9 Å². The maximum absolute atomic E-state index is 9.10. The van der Waals surface area contributed by atoms with Crippen LogP contribution in [0.15, 0.2) is 0 Å². The molecule has 3 nitrogen and oxygen atoms in total. The van der Waals surface area contributed by atoms with Crippen molar-refractivity contribution in [3.63, 3.8) is 0 Å². The Morgan fingerprint density at radius 2 is 2.00 bits per heavy atom. The molecule has 0 aliphatic heterocycles. The number of nitrogens with one attached hydrogen (secondary N) is 1. The summed E-state index contributed by atoms with van der Waals surface area (Å²) < 4.78 is 0. The zero-order chi connectivity index (χ0) is 13.0. The fraction of sp³-hybridized carbons (Fsp3) is 0.933. The molecule has 2 aliphatic carbocycles. The average Bonchev–Trinajstić information content (AvgIpc) is 3.25. The van der Waals surface area contributed by atoms with Crippen LogP contribution in [0, 0.1) is 17.2 Å². The first-order valence-corrected chi connectivity index (χ1v) is 7.51. The molecular weight excluding hydrogens is 222 g/mol. The highest BCUT2D eigenvalue weighted by Gasteiger charge is 2.33. The van der Waals surface area contributed by atoms with Crippen LogP contribution in [0.3, 0.4) is 0 Å². The van der Waals surface area contributed by atoms with E-state index in [9.17, 15) is 0 Å². The molecule has 2 saturated carbocycles. The third-order valence-corrected chi connectivity index (χ3v) is 4.42. The first kappa shape index (κ1) is 13.8. The van der Waals surface area contributed by atoms with Gasteiger partial charge in [-0.15, -0.1) is 0 Å². The van der Waals surface area contributed by atoms with Gasteiger partial charge in [-0.25, -0.2) is 0 Å². The SMILES string of the molecule is CNC(C)(C#N)CCCCN(CC1CC1)C1CC1. The number of nitriles is 1. The van der Waals surface area contributed by atoms with Gasteiger partial charge in [-0.2, -0.15) is 5.26 Å². The van der Waals surface area contributed by atoms with Crippen molar-refractivity contribution in [2.24, 2.45) is 5.92 Å². The molecule has 2 fully saturated rings. The van der Waals surface area contributed by atoms with E-state index in [0.29, 0.717) is 0 Å². The number of unbranched alkanes of at least 4 members (excludes halogenated alkanes) is 1. The Bertz CT molecular complexity index is 301. The Labute approximate surface area is 112 Å². The van der Waals surface area contributed by atoms with Gasteiger partial charge in [0.05, 0.1) is 6.07 Å². The van der Waals surface area contributed by atoms with Crippen LogP contribution in [0.2, 0.25) is 0 Å². The van der Waals surface area contributed by atoms with Crippen molar-refractivity contribution in [3.05, 3.63) is 0 Å². The van der Waals surface area contributed by atoms with Gasteiger partial charge in [0, 0.05) is 12.6 Å². The van der Waals surface area contributed by atoms with E-state index in [0.717, 1.165) is 24.8 Å². The van der Waals surface area contributed by atoms with E-state index in [1.165, 1.54) is 45.2 Å². The summed E-state index contributed by atoms with van der Waals surface area (Å²) in [5, 5.41) is 12.2. The molecule has 0 aromatic rings. The van der Waals surface area contributed by atoms with Crippen molar-refractivity contribution in [1.29, 1.82) is 5.26 Å². The molecule has 2 rings (SSSR count). The zero-order valence-corrected chi connectivity index (χ0v) is 11.9. The van der Waals surface area contributed by atoms with Crippen molar-refractivity contribution in [3.8, 4) is 6.07 Å². The third-order valence-electron chi connectivity index (χ3n) is 4.42. The van der Waals surface area contributed by atoms with Gasteiger partial charge in [-0.1, -0.05) is 0 Å². The van der Waals surface area contributed by atoms with Gasteiger partial charge in [0.15, 0.2) is 0 Å². The smallest absolute Gasteiger partial charge is 0.103 e. The van der Waals surface area contributed by atoms with E-state index in [4.69, 9.17) is 5.26 Å². The van der Waals surface area contributed by atoms with Gasteiger partial charge >= 0.3 is 0 Å². The van der Waals surface area contributed by atoms with Crippen LogP contribution in [0.25, 0.3) is 0 Å². The van der Waals surface area contributed by atoms with Crippen molar-refractivity contribution in [1.82, 2.24) is 10.2 Å². The Kier molecular flexibility index (Phi) is 4.64. The Hall–Kier alpha value is -0.590. The van der Waals surface area contributed by atoms with E-state index in [1.54, 1.807) is 0 Å². The second-order valence-electron chi connectivity index (χ2n) is 6.32. The molecule has 0 aromatic carbocycles. The minimum Gasteiger partial charge on any atom is -0.303 e. The molecule has 1 atom stereocenters. The number of nitrogens with zero attached hydrogens (tertiary/aromatic N) is 2. The van der Waals surface area contributed by atoms with Crippen LogP contribution < -0.4 is 5.32 Å². The normalized spacial score (nSPS) is 22.8. The highest BCUT2D eigenvalue weighted by molar-refractivity contribution is 5.02. The van der Waals surface area contributed by atoms with E-state index < -0.39 is 0 Å². The number of rotatable bonds is 9. The van der Waals surface area contributed by atoms with E-state index >= 15 is 0 Å². The minimum absolute atomic E-state index is 0.332. The van der Waals surface area contributed by atoms with Crippen molar-refractivity contribution >= 4 is 0 Å². The highest BCUT2D eigenvalue weighted by Crippen LogP contribution is 2.34. The van der Waals surface area contributed by atoms with E-state index in [1.807, 2.05) is 14.0 Å². The molecular formula is C15H27N3. The summed E-state index contributed by atoms with van der Waals surface area (Å²) in [6.07, 6.45) is 9.09. The molecule has 0 saturated heterocycles. The van der Waals surface area contributed by atoms with Crippen molar-refractivity contribution in [2.75, 3.05) is 20.1 Å². The molecule has 102 valence electrons. The Balaban J connectivity index is 1.62. The minimum atomic E-state index is -0.332. The average molecular weight is 249 g/mol. The first-order chi connectivity index (χ1) is 8.67. The molecule has 0 spiro atoms. The largest absolute Gasteiger partial charge is 0.303 e. The molecule has 3 heteroatoms. The van der Waals surface area contributed by atoms with Gasteiger partial charge < -0.3 is 10.2 Å². The van der Waals surface area contributed by atoms with Crippen molar-refractivity contribution in [2.45, 2.75) is 63.5 Å². The Morgan fingerprint density at radius 3 is 2.50 bits per heavy atom. The van der Waals surface area contributed by atoms with Crippen LogP contribution in [0.5, 0.6) is 0 Å². The first-order valence-electron chi connectivity index (χ1n) is 7.51. The third kappa shape index (κ3) is 4.26. The lowest BCUT2D eigenvalue weighted by Crippen LogP contribution is -2.38. The molecule has 0 heterocycles. The molecule has 0 amide bonds. The monoisotopic (exact) mass is 249 g/mol. The summed E-state index contributed by atoms with van der Waals surface area (Å²) in [6.45, 7) is 4.58. The molecule has 18 heavy (non-hydrogen) atoms. The van der Waals surface area contributed by atoms with Gasteiger partial charge in [0.2, 0.25) is 0 Å². The quantitative estimate of drug-likeness (QED) is 0.638. The topological polar surface area (TPSA) is 39.1 Å². The fourth-order valence-corrected chi connectivity index (χ4v) is 2.52. The molecule has 2 aliphatic rings. The van der Waals surface area contributed by atoms with Crippen LogP contribution in [-0.4, -0.2) is 36.6 Å². The van der Waals surface area contributed by atoms with Gasteiger partial charge in [-0.05, 0) is 71.4 Å². The molecule has 1 unspecified atom stereocenters. The second-order valence-corrected chi connectivity index (χ2v) is 6.32. The van der Waals surface area contributed by atoms with Crippen LogP contribution >= 0.6 is 0 Å². The lowest BCUT2D eigenvalue weighted by molar-refractivity contribution is 0.244. The summed E-state index contributed by atoms with van der Waals surface area (Å²) in [5.74, 6) is 1.01.